The van der Waals surface area contributed by atoms with Crippen LogP contribution in [0.25, 0.3) is 0 Å². The van der Waals surface area contributed by atoms with Gasteiger partial charge in [-0.3, -0.25) is 24.7 Å². The number of alkyl halides is 12. The van der Waals surface area contributed by atoms with Crippen molar-refractivity contribution in [2.45, 2.75) is 145 Å². The number of nitrogens with two attached hydrogens (primary N) is 1. The summed E-state index contributed by atoms with van der Waals surface area (Å²) in [4.78, 5) is 55.0. The Labute approximate surface area is 527 Å². The summed E-state index contributed by atoms with van der Waals surface area (Å²) in [6, 6.07) is 32.6. The average molecular weight is 1320 g/mol. The lowest BCUT2D eigenvalue weighted by molar-refractivity contribution is -0.536. The highest BCUT2D eigenvalue weighted by molar-refractivity contribution is 5.74. The number of benzene rings is 6. The number of esters is 1. The maximum atomic E-state index is 14.1. The summed E-state index contributed by atoms with van der Waals surface area (Å²) in [7, 11) is 0. The van der Waals surface area contributed by atoms with Gasteiger partial charge in [-0.2, -0.15) is 52.7 Å². The summed E-state index contributed by atoms with van der Waals surface area (Å²) in [5.41, 5.74) is -0.872. The monoisotopic (exact) mass is 1320 g/mol. The van der Waals surface area contributed by atoms with Gasteiger partial charge in [-0.05, 0) is 116 Å². The number of nitro groups is 1. The Bertz CT molecular complexity index is 3380. The molecule has 2 saturated heterocycles. The number of likely N-dealkylation sites (tertiary alicyclic amines) is 2. The quantitative estimate of drug-likeness (QED) is 0.0242. The molecule has 0 aliphatic carbocycles. The Morgan fingerprint density at radius 3 is 1.27 bits per heavy atom. The number of halogens is 12. The smallest absolute Gasteiger partial charge is 0.416 e. The van der Waals surface area contributed by atoms with Crippen LogP contribution in [0.2, 0.25) is 0 Å². The molecule has 8 rings (SSSR count). The van der Waals surface area contributed by atoms with E-state index in [9.17, 15) is 82.3 Å². The second-order valence-corrected chi connectivity index (χ2v) is 22.5. The van der Waals surface area contributed by atoms with E-state index >= 15 is 0 Å². The molecule has 2 heterocycles. The first-order valence-corrected chi connectivity index (χ1v) is 29.4. The van der Waals surface area contributed by atoms with Gasteiger partial charge in [-0.1, -0.05) is 121 Å². The lowest BCUT2D eigenvalue weighted by Gasteiger charge is -2.53. The minimum atomic E-state index is -5.10. The van der Waals surface area contributed by atoms with Gasteiger partial charge in [0.15, 0.2) is 0 Å². The van der Waals surface area contributed by atoms with Crippen molar-refractivity contribution in [2.24, 2.45) is 5.73 Å². The number of ether oxygens (including phenoxy) is 5. The van der Waals surface area contributed by atoms with Crippen LogP contribution in [0.3, 0.4) is 0 Å². The lowest BCUT2D eigenvalue weighted by Crippen LogP contribution is -2.65. The molecule has 2 fully saturated rings. The first-order chi connectivity index (χ1) is 43.8. The van der Waals surface area contributed by atoms with Gasteiger partial charge in [-0.15, -0.1) is 0 Å². The molecular formula is C66H68F12N4O11. The van der Waals surface area contributed by atoms with Gasteiger partial charge in [-0.25, -0.2) is 9.59 Å². The second kappa shape index (κ2) is 30.7. The predicted molar refractivity (Wildman–Crippen MR) is 313 cm³/mol. The van der Waals surface area contributed by atoms with Crippen molar-refractivity contribution in [1.29, 1.82) is 0 Å². The molecule has 2 amide bonds. The van der Waals surface area contributed by atoms with Crippen LogP contribution in [-0.4, -0.2) is 88.6 Å². The van der Waals surface area contributed by atoms with E-state index in [2.05, 4.69) is 0 Å². The van der Waals surface area contributed by atoms with Gasteiger partial charge in [0.1, 0.15) is 19.3 Å². The minimum absolute atomic E-state index is 0.00498. The topological polar surface area (TPSA) is 193 Å². The van der Waals surface area contributed by atoms with Crippen molar-refractivity contribution >= 4 is 18.2 Å². The first-order valence-electron chi connectivity index (χ1n) is 29.4. The number of hydrogen-bond acceptors (Lipinski definition) is 12. The molecule has 6 aromatic carbocycles. The predicted octanol–water partition coefficient (Wildman–Crippen LogP) is 15.3. The summed E-state index contributed by atoms with van der Waals surface area (Å²) in [5.74, 6) is -0.831. The highest BCUT2D eigenvalue weighted by Crippen LogP contribution is 2.47. The summed E-state index contributed by atoms with van der Waals surface area (Å²) < 4.78 is 192. The number of aliphatic hydroxyl groups excluding tert-OH is 1. The van der Waals surface area contributed by atoms with Gasteiger partial charge in [0.25, 0.3) is 0 Å². The summed E-state index contributed by atoms with van der Waals surface area (Å²) >= 11 is 0. The molecule has 27 heteroatoms. The number of aliphatic hydroxyl groups is 1. The van der Waals surface area contributed by atoms with Gasteiger partial charge in [0, 0.05) is 24.0 Å². The van der Waals surface area contributed by atoms with E-state index in [1.54, 1.807) is 115 Å². The van der Waals surface area contributed by atoms with Crippen LogP contribution in [0.1, 0.15) is 127 Å². The van der Waals surface area contributed by atoms with Gasteiger partial charge < -0.3 is 34.5 Å². The average Bonchev–Trinajstić information content (AvgIpc) is 0.749. The summed E-state index contributed by atoms with van der Waals surface area (Å²) in [6.45, 7) is 2.64. The molecule has 6 aromatic rings. The number of rotatable bonds is 20. The zero-order valence-electron chi connectivity index (χ0n) is 50.4. The number of nitrogens with zero attached hydrogens (tertiary/aromatic N) is 3. The standard InChI is InChI=1S/C34H34F6N2O7.C32H34F6N2O4/c1-3-47-30(43)19-29-28(42(45)46)14-15-32(25-12-8-5-9-13-25,41(29)31(44)48-20-23-10-6-4-7-11-23)21-49-22(2)24-16-26(33(35,36)37)18-27(17-24)34(38,39)40;1-21(23-16-25(31(33,34)35)18-26(17-23)32(36,37)38)44-20-30(24-10-6-3-7-11-24)14-12-27(39)28(13-15-41)40(30)29(42)43-19-22-8-4-2-5-9-22/h4-13,16-18,22,28-29H,3,14-15,19-21H2,1-2H3;2-11,16-18,21,27-28,41H,12-15,19-20,39H2,1H3/t22-,28+,29-,32-;21-,27+,28-,30-/m11/s1. The Morgan fingerprint density at radius 1 is 0.570 bits per heavy atom. The van der Waals surface area contributed by atoms with Crippen LogP contribution in [0, 0.1) is 10.1 Å². The van der Waals surface area contributed by atoms with E-state index in [1.807, 2.05) is 6.07 Å². The Balaban J connectivity index is 0.000000265. The molecule has 0 saturated carbocycles. The number of carbonyl (C=O) groups excluding carboxylic acids is 3. The first kappa shape index (κ1) is 72.2. The van der Waals surface area contributed by atoms with Crippen molar-refractivity contribution < 1.29 is 101 Å². The molecule has 0 aromatic heterocycles. The van der Waals surface area contributed by atoms with Gasteiger partial charge >= 0.3 is 42.9 Å². The maximum Gasteiger partial charge on any atom is 0.416 e. The fraction of sp³-hybridized carbons (Fsp3) is 0.409. The van der Waals surface area contributed by atoms with Crippen molar-refractivity contribution in [3.63, 3.8) is 0 Å². The highest BCUT2D eigenvalue weighted by Gasteiger charge is 2.57. The SMILES string of the molecule is CCOC(=O)C[C@@H]1[C@@H]([N+](=O)[O-])CC[C@@](CO[C@H](C)c2cc(C(F)(F)F)cc(C(F)(F)F)c2)(c2ccccc2)N1C(=O)OCc1ccccc1.C[C@@H](OC[C@@]1(c2ccccc2)CC[C@H](N)[C@@H](CCO)N1C(=O)OCc1ccccc1)c1cc(C(F)(F)F)cc(C(F)(F)F)c1. The fourth-order valence-corrected chi connectivity index (χ4v) is 11.6. The summed E-state index contributed by atoms with van der Waals surface area (Å²) in [6.07, 6.45) is -24.8. The summed E-state index contributed by atoms with van der Waals surface area (Å²) in [5, 5.41) is 22.2. The molecule has 0 unspecified atom stereocenters. The minimum Gasteiger partial charge on any atom is -0.466 e. The molecule has 502 valence electrons. The van der Waals surface area contributed by atoms with Crippen LogP contribution in [0.15, 0.2) is 158 Å². The third-order valence-corrected chi connectivity index (χ3v) is 16.4. The molecule has 0 bridgehead atoms. The molecular weight excluding hydrogens is 1250 g/mol. The highest BCUT2D eigenvalue weighted by atomic mass is 19.4. The zero-order valence-corrected chi connectivity index (χ0v) is 50.4. The Morgan fingerprint density at radius 2 is 0.925 bits per heavy atom. The molecule has 2 aliphatic rings. The van der Waals surface area contributed by atoms with Crippen LogP contribution in [-0.2, 0) is 77.5 Å². The van der Waals surface area contributed by atoms with E-state index in [-0.39, 0.29) is 76.4 Å². The zero-order chi connectivity index (χ0) is 68.1. The van der Waals surface area contributed by atoms with Crippen LogP contribution in [0.5, 0.6) is 0 Å². The van der Waals surface area contributed by atoms with E-state index in [0.717, 1.165) is 10.5 Å². The molecule has 0 spiro atoms. The van der Waals surface area contributed by atoms with Crippen molar-refractivity contribution in [3.05, 3.63) is 223 Å². The third kappa shape index (κ3) is 18.1. The Hall–Kier alpha value is -8.27. The number of piperidine rings is 2. The largest absolute Gasteiger partial charge is 0.466 e. The van der Waals surface area contributed by atoms with Crippen molar-refractivity contribution in [3.8, 4) is 0 Å². The van der Waals surface area contributed by atoms with E-state index in [1.165, 1.54) is 25.7 Å². The normalized spacial score (nSPS) is 21.0. The molecule has 3 N–H and O–H groups in total. The van der Waals surface area contributed by atoms with Crippen LogP contribution < -0.4 is 5.73 Å². The fourth-order valence-electron chi connectivity index (χ4n) is 11.6. The molecule has 0 radical (unpaired) electrons. The molecule has 2 aliphatic heterocycles. The third-order valence-electron chi connectivity index (χ3n) is 16.4. The molecule has 8 atom stereocenters. The maximum absolute atomic E-state index is 14.1. The van der Waals surface area contributed by atoms with E-state index < -0.39 is 136 Å². The number of hydrogen-bond donors (Lipinski definition) is 2. The molecule has 93 heavy (non-hydrogen) atoms. The Kier molecular flexibility index (Phi) is 23.8. The number of amides is 2. The number of carbonyl (C=O) groups is 3. The van der Waals surface area contributed by atoms with Crippen molar-refractivity contribution in [2.75, 3.05) is 26.4 Å². The van der Waals surface area contributed by atoms with Crippen molar-refractivity contribution in [1.82, 2.24) is 9.80 Å². The van der Waals surface area contributed by atoms with Crippen LogP contribution in [0.4, 0.5) is 62.3 Å². The van der Waals surface area contributed by atoms with E-state index in [0.29, 0.717) is 47.4 Å². The van der Waals surface area contributed by atoms with Gasteiger partial charge in [0.05, 0.1) is 77.8 Å². The van der Waals surface area contributed by atoms with Crippen LogP contribution >= 0.6 is 0 Å². The second-order valence-electron chi connectivity index (χ2n) is 22.5. The van der Waals surface area contributed by atoms with E-state index in [4.69, 9.17) is 29.4 Å². The van der Waals surface area contributed by atoms with Gasteiger partial charge in [0.2, 0.25) is 6.04 Å². The molecule has 15 nitrogen and oxygen atoms in total. The lowest BCUT2D eigenvalue weighted by atomic mass is 9.76.